The minimum Gasteiger partial charge on any atom is -0.489 e. The van der Waals surface area contributed by atoms with Crippen molar-refractivity contribution in [1.82, 2.24) is 14.7 Å². The normalized spacial score (nSPS) is 11.4. The average molecular weight is 556 g/mol. The van der Waals surface area contributed by atoms with Crippen molar-refractivity contribution in [1.29, 1.82) is 0 Å². The van der Waals surface area contributed by atoms with Crippen LogP contribution in [0.4, 0.5) is 0 Å². The highest BCUT2D eigenvalue weighted by Gasteiger charge is 2.24. The molecule has 3 heterocycles. The first-order valence-electron chi connectivity index (χ1n) is 11.5. The van der Waals surface area contributed by atoms with E-state index < -0.39 is 5.97 Å². The second-order valence-corrected chi connectivity index (χ2v) is 10.5. The molecule has 0 aliphatic rings. The summed E-state index contributed by atoms with van der Waals surface area (Å²) in [7, 11) is 1.35. The standard InChI is InChI=1S/C27H23Cl2N3O4S/c1-15(2)26-18(25(31-36-26)24-19(28)5-4-6-20(24)29)13-35-17-7-8-22-16(11-17)9-10-32(22)12-23-30-21(14-37-23)27(33)34-3/h4-11,14-15H,12-13H2,1-3H3. The molecule has 0 atom stereocenters. The van der Waals surface area contributed by atoms with E-state index in [1.807, 2.05) is 44.3 Å². The summed E-state index contributed by atoms with van der Waals surface area (Å²) in [6.45, 7) is 4.86. The molecule has 7 nitrogen and oxygen atoms in total. The van der Waals surface area contributed by atoms with Gasteiger partial charge in [0.2, 0.25) is 0 Å². The molecular weight excluding hydrogens is 533 g/mol. The Morgan fingerprint density at radius 1 is 1.16 bits per heavy atom. The molecule has 0 spiro atoms. The van der Waals surface area contributed by atoms with Gasteiger partial charge in [-0.3, -0.25) is 0 Å². The third-order valence-corrected chi connectivity index (χ3v) is 7.38. The summed E-state index contributed by atoms with van der Waals surface area (Å²) in [5.41, 5.74) is 3.37. The fourth-order valence-corrected chi connectivity index (χ4v) is 5.46. The van der Waals surface area contributed by atoms with E-state index >= 15 is 0 Å². The number of fused-ring (bicyclic) bond motifs is 1. The van der Waals surface area contributed by atoms with Crippen LogP contribution in [0.1, 0.15) is 46.6 Å². The Kier molecular flexibility index (Phi) is 7.24. The van der Waals surface area contributed by atoms with E-state index in [-0.39, 0.29) is 12.5 Å². The van der Waals surface area contributed by atoms with E-state index in [9.17, 15) is 4.79 Å². The third-order valence-electron chi connectivity index (χ3n) is 5.92. The Morgan fingerprint density at radius 3 is 2.68 bits per heavy atom. The first-order valence-corrected chi connectivity index (χ1v) is 13.2. The largest absolute Gasteiger partial charge is 0.489 e. The van der Waals surface area contributed by atoms with Crippen molar-refractivity contribution in [2.45, 2.75) is 32.9 Å². The molecule has 2 aromatic carbocycles. The maximum Gasteiger partial charge on any atom is 0.357 e. The summed E-state index contributed by atoms with van der Waals surface area (Å²) >= 11 is 14.3. The van der Waals surface area contributed by atoms with Gasteiger partial charge in [-0.2, -0.15) is 0 Å². The number of esters is 1. The van der Waals surface area contributed by atoms with Crippen LogP contribution < -0.4 is 4.74 Å². The molecule has 190 valence electrons. The maximum absolute atomic E-state index is 11.7. The lowest BCUT2D eigenvalue weighted by Crippen LogP contribution is -2.03. The molecule has 10 heteroatoms. The quantitative estimate of drug-likeness (QED) is 0.183. The molecule has 0 saturated carbocycles. The fraction of sp³-hybridized carbons (Fsp3) is 0.222. The van der Waals surface area contributed by atoms with Crippen LogP contribution in [-0.2, 0) is 17.9 Å². The number of methoxy groups -OCH3 is 1. The Hall–Kier alpha value is -3.33. The summed E-state index contributed by atoms with van der Waals surface area (Å²) in [5, 5.41) is 8.83. The predicted octanol–water partition coefficient (Wildman–Crippen LogP) is 7.60. The Labute approximate surface area is 227 Å². The molecule has 0 saturated heterocycles. The second kappa shape index (κ2) is 10.6. The van der Waals surface area contributed by atoms with Crippen LogP contribution in [0.5, 0.6) is 5.75 Å². The highest BCUT2D eigenvalue weighted by molar-refractivity contribution is 7.09. The summed E-state index contributed by atoms with van der Waals surface area (Å²) in [5.74, 6) is 1.10. The molecule has 0 amide bonds. The van der Waals surface area contributed by atoms with Gasteiger partial charge in [0.1, 0.15) is 28.8 Å². The van der Waals surface area contributed by atoms with Crippen LogP contribution in [0.15, 0.2) is 58.6 Å². The predicted molar refractivity (Wildman–Crippen MR) is 145 cm³/mol. The Balaban J connectivity index is 1.38. The summed E-state index contributed by atoms with van der Waals surface area (Å²) in [6, 6.07) is 13.3. The lowest BCUT2D eigenvalue weighted by atomic mass is 10.0. The lowest BCUT2D eigenvalue weighted by Gasteiger charge is -2.11. The molecule has 0 radical (unpaired) electrons. The molecule has 0 aliphatic heterocycles. The Morgan fingerprint density at radius 2 is 1.95 bits per heavy atom. The fourth-order valence-electron chi connectivity index (χ4n) is 4.12. The van der Waals surface area contributed by atoms with Gasteiger partial charge in [0.25, 0.3) is 0 Å². The van der Waals surface area contributed by atoms with Crippen LogP contribution in [0.2, 0.25) is 10.0 Å². The van der Waals surface area contributed by atoms with Crippen LogP contribution in [-0.4, -0.2) is 27.8 Å². The van der Waals surface area contributed by atoms with Crippen LogP contribution in [0, 0.1) is 0 Å². The van der Waals surface area contributed by atoms with Gasteiger partial charge in [0.05, 0.1) is 29.3 Å². The molecule has 37 heavy (non-hydrogen) atoms. The van der Waals surface area contributed by atoms with Crippen molar-refractivity contribution in [3.8, 4) is 17.0 Å². The van der Waals surface area contributed by atoms with Crippen molar-refractivity contribution in [3.05, 3.63) is 86.1 Å². The molecule has 0 aliphatic carbocycles. The number of hydrogen-bond donors (Lipinski definition) is 0. The van der Waals surface area contributed by atoms with Gasteiger partial charge in [-0.25, -0.2) is 9.78 Å². The SMILES string of the molecule is COC(=O)c1csc(Cn2ccc3cc(OCc4c(-c5c(Cl)cccc5Cl)noc4C(C)C)ccc32)n1. The number of halogens is 2. The third kappa shape index (κ3) is 5.09. The number of carbonyl (C=O) groups is 1. The zero-order valence-corrected chi connectivity index (χ0v) is 22.7. The zero-order valence-electron chi connectivity index (χ0n) is 20.3. The van der Waals surface area contributed by atoms with Crippen LogP contribution in [0.25, 0.3) is 22.2 Å². The number of nitrogens with zero attached hydrogens (tertiary/aromatic N) is 3. The lowest BCUT2D eigenvalue weighted by molar-refractivity contribution is 0.0594. The second-order valence-electron chi connectivity index (χ2n) is 8.70. The van der Waals surface area contributed by atoms with Gasteiger partial charge in [-0.15, -0.1) is 11.3 Å². The summed E-state index contributed by atoms with van der Waals surface area (Å²) in [4.78, 5) is 16.1. The molecule has 0 bridgehead atoms. The van der Waals surface area contributed by atoms with Gasteiger partial charge in [0, 0.05) is 34.0 Å². The first kappa shape index (κ1) is 25.3. The minimum atomic E-state index is -0.435. The van der Waals surface area contributed by atoms with E-state index in [0.29, 0.717) is 39.3 Å². The highest BCUT2D eigenvalue weighted by atomic mass is 35.5. The van der Waals surface area contributed by atoms with E-state index in [2.05, 4.69) is 14.7 Å². The van der Waals surface area contributed by atoms with E-state index in [1.165, 1.54) is 18.4 Å². The maximum atomic E-state index is 11.7. The number of rotatable bonds is 8. The molecular formula is C27H23Cl2N3O4S. The number of thiazole rings is 1. The minimum absolute atomic E-state index is 0.100. The number of benzene rings is 2. The molecule has 5 rings (SSSR count). The van der Waals surface area contributed by atoms with Crippen molar-refractivity contribution in [2.75, 3.05) is 7.11 Å². The number of hydrogen-bond acceptors (Lipinski definition) is 7. The van der Waals surface area contributed by atoms with Gasteiger partial charge < -0.3 is 18.6 Å². The Bertz CT molecular complexity index is 1570. The molecule has 0 N–H and O–H groups in total. The number of aromatic nitrogens is 3. The van der Waals surface area contributed by atoms with Crippen molar-refractivity contribution in [3.63, 3.8) is 0 Å². The van der Waals surface area contributed by atoms with E-state index in [4.69, 9.17) is 37.2 Å². The molecule has 3 aromatic heterocycles. The topological polar surface area (TPSA) is 79.4 Å². The van der Waals surface area contributed by atoms with E-state index in [1.54, 1.807) is 23.6 Å². The van der Waals surface area contributed by atoms with Crippen molar-refractivity contribution in [2.24, 2.45) is 0 Å². The smallest absolute Gasteiger partial charge is 0.357 e. The van der Waals surface area contributed by atoms with Gasteiger partial charge >= 0.3 is 5.97 Å². The van der Waals surface area contributed by atoms with Crippen molar-refractivity contribution < 1.29 is 18.8 Å². The number of carbonyl (C=O) groups excluding carboxylic acids is 1. The van der Waals surface area contributed by atoms with Crippen LogP contribution >= 0.6 is 34.5 Å². The first-order chi connectivity index (χ1) is 17.9. The van der Waals surface area contributed by atoms with Gasteiger partial charge in [-0.05, 0) is 36.4 Å². The summed E-state index contributed by atoms with van der Waals surface area (Å²) < 4.78 is 18.7. The molecule has 5 aromatic rings. The van der Waals surface area contributed by atoms with Gasteiger partial charge in [0.15, 0.2) is 5.69 Å². The van der Waals surface area contributed by atoms with Gasteiger partial charge in [-0.1, -0.05) is 48.3 Å². The number of ether oxygens (including phenoxy) is 2. The van der Waals surface area contributed by atoms with Crippen molar-refractivity contribution >= 4 is 51.4 Å². The monoisotopic (exact) mass is 555 g/mol. The molecule has 0 fully saturated rings. The average Bonchev–Trinajstić information content (AvgIpc) is 3.61. The summed E-state index contributed by atoms with van der Waals surface area (Å²) in [6.07, 6.45) is 1.99. The van der Waals surface area contributed by atoms with Crippen LogP contribution in [0.3, 0.4) is 0 Å². The van der Waals surface area contributed by atoms with E-state index in [0.717, 1.165) is 27.2 Å². The zero-order chi connectivity index (χ0) is 26.1. The highest BCUT2D eigenvalue weighted by Crippen LogP contribution is 2.39. The molecule has 0 unspecified atom stereocenters.